The minimum absolute atomic E-state index is 0.138. The highest BCUT2D eigenvalue weighted by atomic mass is 15.2. The standard InChI is InChI=1S/C22H49N11.2C2H6/c1-21(2,32-18(25)26)13-9-6-8-12-16-30-19(27)31-20(28)33-22(3,4)14-10-5-7-11-15-29-17(23)24;2*1-2/h5-16H2,1-4H3,(H4,23,24,29)(H4,25,26,32)(H5,27,28,30,31,33);2*1-2H3. The van der Waals surface area contributed by atoms with E-state index in [-0.39, 0.29) is 29.0 Å². The highest BCUT2D eigenvalue weighted by Crippen LogP contribution is 2.19. The Labute approximate surface area is 227 Å². The predicted octanol–water partition coefficient (Wildman–Crippen LogP) is 3.26. The van der Waals surface area contributed by atoms with Gasteiger partial charge in [-0.3, -0.25) is 15.3 Å². The van der Waals surface area contributed by atoms with Gasteiger partial charge >= 0.3 is 0 Å². The summed E-state index contributed by atoms with van der Waals surface area (Å²) in [6.07, 6.45) is 10.3. The van der Waals surface area contributed by atoms with E-state index in [0.717, 1.165) is 64.2 Å². The largest absolute Gasteiger partial charge is 0.370 e. The molecule has 0 radical (unpaired) electrons. The van der Waals surface area contributed by atoms with Gasteiger partial charge in [-0.15, -0.1) is 0 Å². The SMILES string of the molecule is CC.CC.CC(C)(CCCCCCN=C(N)NC(N)=NC(C)(C)CCCCCCN=C(N)N)N=C(N)N. The van der Waals surface area contributed by atoms with E-state index in [1.54, 1.807) is 0 Å². The fourth-order valence-electron chi connectivity index (χ4n) is 3.44. The molecule has 0 aliphatic heterocycles. The van der Waals surface area contributed by atoms with E-state index in [1.807, 2.05) is 41.5 Å². The van der Waals surface area contributed by atoms with Gasteiger partial charge in [-0.25, -0.2) is 9.98 Å². The molecule has 0 aromatic carbocycles. The smallest absolute Gasteiger partial charge is 0.195 e. The van der Waals surface area contributed by atoms with Crippen LogP contribution in [0, 0.1) is 0 Å². The Hall–Kier alpha value is -2.72. The average molecular weight is 528 g/mol. The van der Waals surface area contributed by atoms with Crippen molar-refractivity contribution in [3.05, 3.63) is 0 Å². The second kappa shape index (κ2) is 23.7. The lowest BCUT2D eigenvalue weighted by Gasteiger charge is -2.20. The summed E-state index contributed by atoms with van der Waals surface area (Å²) in [4.78, 5) is 17.1. The molecule has 0 aliphatic carbocycles. The zero-order chi connectivity index (χ0) is 29.3. The summed E-state index contributed by atoms with van der Waals surface area (Å²) in [7, 11) is 0. The Morgan fingerprint density at radius 3 is 1.35 bits per heavy atom. The van der Waals surface area contributed by atoms with Crippen molar-refractivity contribution in [3.8, 4) is 0 Å². The highest BCUT2D eigenvalue weighted by Gasteiger charge is 2.17. The molecule has 0 saturated carbocycles. The zero-order valence-electron chi connectivity index (χ0n) is 25.2. The minimum Gasteiger partial charge on any atom is -0.370 e. The Bertz CT molecular complexity index is 657. The van der Waals surface area contributed by atoms with E-state index in [4.69, 9.17) is 34.4 Å². The summed E-state index contributed by atoms with van der Waals surface area (Å²) < 4.78 is 0. The molecule has 0 atom stereocenters. The van der Waals surface area contributed by atoms with Crippen molar-refractivity contribution < 1.29 is 0 Å². The fourth-order valence-corrected chi connectivity index (χ4v) is 3.44. The van der Waals surface area contributed by atoms with Crippen LogP contribution < -0.4 is 39.7 Å². The third kappa shape index (κ3) is 29.4. The van der Waals surface area contributed by atoms with Crippen molar-refractivity contribution in [1.29, 1.82) is 0 Å². The van der Waals surface area contributed by atoms with E-state index in [0.29, 0.717) is 19.0 Å². The second-order valence-corrected chi connectivity index (χ2v) is 9.69. The van der Waals surface area contributed by atoms with Gasteiger partial charge < -0.3 is 34.4 Å². The number of aliphatic imine (C=N–C) groups is 4. The molecule has 0 saturated heterocycles. The number of rotatable bonds is 16. The van der Waals surface area contributed by atoms with E-state index < -0.39 is 0 Å². The van der Waals surface area contributed by atoms with Crippen molar-refractivity contribution in [2.75, 3.05) is 13.1 Å². The summed E-state index contributed by atoms with van der Waals surface area (Å²) >= 11 is 0. The van der Waals surface area contributed by atoms with Crippen LogP contribution in [0.3, 0.4) is 0 Å². The third-order valence-electron chi connectivity index (χ3n) is 5.08. The van der Waals surface area contributed by atoms with Gasteiger partial charge in [0.2, 0.25) is 0 Å². The quantitative estimate of drug-likeness (QED) is 0.0901. The highest BCUT2D eigenvalue weighted by molar-refractivity contribution is 5.97. The monoisotopic (exact) mass is 528 g/mol. The maximum Gasteiger partial charge on any atom is 0.195 e. The number of nitrogens with two attached hydrogens (primary N) is 6. The van der Waals surface area contributed by atoms with Crippen LogP contribution in [0.1, 0.15) is 120 Å². The van der Waals surface area contributed by atoms with Gasteiger partial charge in [0, 0.05) is 13.1 Å². The van der Waals surface area contributed by atoms with Crippen molar-refractivity contribution in [2.24, 2.45) is 54.4 Å². The predicted molar refractivity (Wildman–Crippen MR) is 165 cm³/mol. The van der Waals surface area contributed by atoms with Gasteiger partial charge in [0.15, 0.2) is 23.8 Å². The normalized spacial score (nSPS) is 11.9. The maximum atomic E-state index is 6.02. The van der Waals surface area contributed by atoms with Gasteiger partial charge in [-0.2, -0.15) is 0 Å². The molecule has 13 N–H and O–H groups in total. The van der Waals surface area contributed by atoms with Gasteiger partial charge in [0.05, 0.1) is 11.1 Å². The van der Waals surface area contributed by atoms with Gasteiger partial charge in [-0.1, -0.05) is 66.2 Å². The lowest BCUT2D eigenvalue weighted by Crippen LogP contribution is -2.43. The molecule has 0 rings (SSSR count). The summed E-state index contributed by atoms with van der Waals surface area (Å²) in [5, 5.41) is 2.88. The molecule has 0 bridgehead atoms. The molecule has 220 valence electrons. The number of hydrogen-bond acceptors (Lipinski definition) is 4. The number of nitrogens with zero attached hydrogens (tertiary/aromatic N) is 4. The van der Waals surface area contributed by atoms with Crippen LogP contribution >= 0.6 is 0 Å². The minimum atomic E-state index is -0.274. The third-order valence-corrected chi connectivity index (χ3v) is 5.08. The number of unbranched alkanes of at least 4 members (excludes halogenated alkanes) is 6. The van der Waals surface area contributed by atoms with Crippen LogP contribution in [0.5, 0.6) is 0 Å². The molecule has 0 unspecified atom stereocenters. The van der Waals surface area contributed by atoms with Crippen LogP contribution in [0.15, 0.2) is 20.0 Å². The first-order valence-electron chi connectivity index (χ1n) is 13.9. The number of guanidine groups is 4. The maximum absolute atomic E-state index is 6.02. The molecule has 0 spiro atoms. The van der Waals surface area contributed by atoms with E-state index in [2.05, 4.69) is 39.1 Å². The number of hydrogen-bond donors (Lipinski definition) is 7. The molecule has 0 fully saturated rings. The number of nitrogens with one attached hydrogen (secondary N) is 1. The second-order valence-electron chi connectivity index (χ2n) is 9.69. The first-order valence-corrected chi connectivity index (χ1v) is 13.9. The lowest BCUT2D eigenvalue weighted by atomic mass is 9.97. The van der Waals surface area contributed by atoms with E-state index >= 15 is 0 Å². The molecular weight excluding hydrogens is 466 g/mol. The van der Waals surface area contributed by atoms with Crippen molar-refractivity contribution in [3.63, 3.8) is 0 Å². The summed E-state index contributed by atoms with van der Waals surface area (Å²) in [6, 6.07) is 0. The van der Waals surface area contributed by atoms with Crippen molar-refractivity contribution in [1.82, 2.24) is 5.32 Å². The molecular formula is C26H61N11. The molecule has 37 heavy (non-hydrogen) atoms. The van der Waals surface area contributed by atoms with Crippen molar-refractivity contribution in [2.45, 2.75) is 131 Å². The Morgan fingerprint density at radius 1 is 0.514 bits per heavy atom. The molecule has 0 heterocycles. The zero-order valence-corrected chi connectivity index (χ0v) is 25.2. The summed E-state index contributed by atoms with van der Waals surface area (Å²) in [6.45, 7) is 17.5. The Balaban J connectivity index is -0.00000274. The van der Waals surface area contributed by atoms with Gasteiger partial charge in [0.25, 0.3) is 0 Å². The molecule has 0 aliphatic rings. The average Bonchev–Trinajstić information content (AvgIpc) is 2.78. The van der Waals surface area contributed by atoms with Crippen LogP contribution in [-0.4, -0.2) is 48.0 Å². The molecule has 0 aromatic rings. The molecule has 0 amide bonds. The van der Waals surface area contributed by atoms with Crippen LogP contribution in [0.4, 0.5) is 0 Å². The molecule has 11 heteroatoms. The van der Waals surface area contributed by atoms with Crippen LogP contribution in [0.25, 0.3) is 0 Å². The van der Waals surface area contributed by atoms with Crippen LogP contribution in [0.2, 0.25) is 0 Å². The first kappa shape index (κ1) is 38.8. The van der Waals surface area contributed by atoms with Crippen LogP contribution in [-0.2, 0) is 0 Å². The lowest BCUT2D eigenvalue weighted by molar-refractivity contribution is 0.445. The fraction of sp³-hybridized carbons (Fsp3) is 0.846. The Kier molecular flexibility index (Phi) is 24.8. The van der Waals surface area contributed by atoms with Gasteiger partial charge in [-0.05, 0) is 53.4 Å². The van der Waals surface area contributed by atoms with E-state index in [9.17, 15) is 0 Å². The Morgan fingerprint density at radius 2 is 0.919 bits per heavy atom. The topological polar surface area (TPSA) is 218 Å². The first-order chi connectivity index (χ1) is 17.3. The van der Waals surface area contributed by atoms with Crippen molar-refractivity contribution >= 4 is 23.8 Å². The van der Waals surface area contributed by atoms with E-state index in [1.165, 1.54) is 0 Å². The molecule has 11 nitrogen and oxygen atoms in total. The molecule has 0 aromatic heterocycles. The van der Waals surface area contributed by atoms with Gasteiger partial charge in [0.1, 0.15) is 0 Å². The summed E-state index contributed by atoms with van der Waals surface area (Å²) in [5.41, 5.74) is 33.0. The summed E-state index contributed by atoms with van der Waals surface area (Å²) in [5.74, 6) is 0.868.